The summed E-state index contributed by atoms with van der Waals surface area (Å²) in [6, 6.07) is 15.0. The van der Waals surface area contributed by atoms with Crippen molar-refractivity contribution in [1.82, 2.24) is 14.5 Å². The van der Waals surface area contributed by atoms with Gasteiger partial charge in [-0.1, -0.05) is 24.3 Å². The molecule has 0 bridgehead atoms. The van der Waals surface area contributed by atoms with E-state index in [1.165, 1.54) is 30.3 Å². The maximum atomic E-state index is 6.07. The number of imidazole rings is 1. The van der Waals surface area contributed by atoms with Crippen LogP contribution in [0.25, 0.3) is 11.0 Å². The van der Waals surface area contributed by atoms with Gasteiger partial charge in [0.25, 0.3) is 0 Å². The van der Waals surface area contributed by atoms with Gasteiger partial charge in [0.15, 0.2) is 0 Å². The van der Waals surface area contributed by atoms with Crippen LogP contribution in [0, 0.1) is 0 Å². The summed E-state index contributed by atoms with van der Waals surface area (Å²) < 4.78 is 2.26. The second kappa shape index (κ2) is 7.87. The van der Waals surface area contributed by atoms with E-state index in [9.17, 15) is 0 Å². The van der Waals surface area contributed by atoms with Gasteiger partial charge in [-0.3, -0.25) is 0 Å². The van der Waals surface area contributed by atoms with Crippen molar-refractivity contribution in [2.75, 3.05) is 31.2 Å². The van der Waals surface area contributed by atoms with Crippen LogP contribution in [0.2, 0.25) is 0 Å². The first-order chi connectivity index (χ1) is 13.1. The highest BCUT2D eigenvalue weighted by atomic mass is 31.0. The van der Waals surface area contributed by atoms with Crippen LogP contribution in [-0.4, -0.2) is 40.6 Å². The quantitative estimate of drug-likeness (QED) is 0.539. The van der Waals surface area contributed by atoms with Gasteiger partial charge in [0.1, 0.15) is 0 Å². The predicted octanol–water partition coefficient (Wildman–Crippen LogP) is 3.06. The van der Waals surface area contributed by atoms with Crippen molar-refractivity contribution >= 4 is 37.2 Å². The Morgan fingerprint density at radius 1 is 1.15 bits per heavy atom. The zero-order valence-electron chi connectivity index (χ0n) is 15.9. The van der Waals surface area contributed by atoms with E-state index in [2.05, 4.69) is 55.3 Å². The van der Waals surface area contributed by atoms with E-state index in [1.54, 1.807) is 0 Å². The van der Waals surface area contributed by atoms with E-state index < -0.39 is 0 Å². The number of rotatable bonds is 4. The summed E-state index contributed by atoms with van der Waals surface area (Å²) >= 11 is 0. The molecule has 2 atom stereocenters. The fraction of sp³-hybridized carbons (Fsp3) is 0.381. The molecule has 0 aliphatic carbocycles. The van der Waals surface area contributed by atoms with E-state index in [0.717, 1.165) is 42.2 Å². The molecule has 142 valence electrons. The molecule has 1 aromatic heterocycles. The van der Waals surface area contributed by atoms with Crippen LogP contribution in [0.4, 0.5) is 11.6 Å². The molecule has 3 N–H and O–H groups in total. The first kappa shape index (κ1) is 18.3. The Hall–Kier alpha value is -2.10. The second-order valence-electron chi connectivity index (χ2n) is 7.59. The molecule has 6 heteroatoms. The molecule has 0 amide bonds. The molecular formula is C21H28N5P. The van der Waals surface area contributed by atoms with E-state index >= 15 is 0 Å². The molecule has 4 rings (SSSR count). The van der Waals surface area contributed by atoms with Gasteiger partial charge in [-0.05, 0) is 68.5 Å². The smallest absolute Gasteiger partial charge is 0.204 e. The van der Waals surface area contributed by atoms with Crippen LogP contribution >= 0.6 is 9.24 Å². The van der Waals surface area contributed by atoms with Gasteiger partial charge >= 0.3 is 0 Å². The van der Waals surface area contributed by atoms with Crippen LogP contribution in [0.3, 0.4) is 0 Å². The number of fused-ring (bicyclic) bond motifs is 1. The van der Waals surface area contributed by atoms with E-state index in [-0.39, 0.29) is 0 Å². The molecule has 1 aliphatic rings. The SMILES string of the molecule is CN1CCCC(Nc2nc3ccc(N)cc3n2Cc2ccc(P)cc2)CC1. The number of nitrogens with zero attached hydrogens (tertiary/aromatic N) is 3. The summed E-state index contributed by atoms with van der Waals surface area (Å²) in [5.74, 6) is 0.945. The maximum absolute atomic E-state index is 6.07. The van der Waals surface area contributed by atoms with Gasteiger partial charge in [-0.2, -0.15) is 0 Å². The van der Waals surface area contributed by atoms with Gasteiger partial charge in [0, 0.05) is 11.7 Å². The average molecular weight is 381 g/mol. The Morgan fingerprint density at radius 3 is 2.78 bits per heavy atom. The molecular weight excluding hydrogens is 353 g/mol. The van der Waals surface area contributed by atoms with Crippen molar-refractivity contribution < 1.29 is 0 Å². The van der Waals surface area contributed by atoms with Crippen LogP contribution < -0.4 is 16.4 Å². The Bertz CT molecular complexity index is 918. The minimum atomic E-state index is 0.456. The molecule has 1 aliphatic heterocycles. The molecule has 2 aromatic carbocycles. The number of nitrogens with two attached hydrogens (primary N) is 1. The number of nitrogen functional groups attached to an aromatic ring is 1. The lowest BCUT2D eigenvalue weighted by Gasteiger charge is -2.19. The fourth-order valence-corrected chi connectivity index (χ4v) is 3.97. The maximum Gasteiger partial charge on any atom is 0.204 e. The van der Waals surface area contributed by atoms with Crippen molar-refractivity contribution in [3.05, 3.63) is 48.0 Å². The molecule has 2 heterocycles. The molecule has 0 saturated carbocycles. The lowest BCUT2D eigenvalue weighted by atomic mass is 10.1. The van der Waals surface area contributed by atoms with Crippen LogP contribution in [-0.2, 0) is 6.54 Å². The summed E-state index contributed by atoms with van der Waals surface area (Å²) in [5, 5.41) is 4.92. The van der Waals surface area contributed by atoms with Crippen molar-refractivity contribution in [1.29, 1.82) is 0 Å². The molecule has 0 radical (unpaired) electrons. The summed E-state index contributed by atoms with van der Waals surface area (Å²) in [5.41, 5.74) is 10.2. The van der Waals surface area contributed by atoms with Crippen LogP contribution in [0.5, 0.6) is 0 Å². The summed E-state index contributed by atoms with van der Waals surface area (Å²) in [7, 11) is 4.94. The number of nitrogens with one attached hydrogen (secondary N) is 1. The highest BCUT2D eigenvalue weighted by molar-refractivity contribution is 7.27. The number of aromatic nitrogens is 2. The minimum absolute atomic E-state index is 0.456. The summed E-state index contributed by atoms with van der Waals surface area (Å²) in [6.07, 6.45) is 3.54. The van der Waals surface area contributed by atoms with E-state index in [0.29, 0.717) is 6.04 Å². The van der Waals surface area contributed by atoms with Crippen molar-refractivity contribution in [2.45, 2.75) is 31.8 Å². The minimum Gasteiger partial charge on any atom is -0.399 e. The third-order valence-electron chi connectivity index (χ3n) is 5.38. The molecule has 1 fully saturated rings. The third-order valence-corrected chi connectivity index (χ3v) is 5.76. The molecule has 27 heavy (non-hydrogen) atoms. The average Bonchev–Trinajstić information content (AvgIpc) is 2.83. The standard InChI is InChI=1S/C21H28N5P/c1-25-11-2-3-17(10-12-25)23-21-24-19-9-6-16(22)13-20(19)26(21)14-15-4-7-18(27)8-5-15/h4-9,13,17H,2-3,10-12,14,22,27H2,1H3,(H,23,24). The van der Waals surface area contributed by atoms with Crippen LogP contribution in [0.15, 0.2) is 42.5 Å². The van der Waals surface area contributed by atoms with Gasteiger partial charge in [0.2, 0.25) is 5.95 Å². The largest absolute Gasteiger partial charge is 0.399 e. The van der Waals surface area contributed by atoms with Crippen molar-refractivity contribution in [3.8, 4) is 0 Å². The molecule has 1 saturated heterocycles. The second-order valence-corrected chi connectivity index (χ2v) is 8.25. The lowest BCUT2D eigenvalue weighted by Crippen LogP contribution is -2.24. The normalized spacial score (nSPS) is 18.5. The first-order valence-corrected chi connectivity index (χ1v) is 10.2. The number of hydrogen-bond acceptors (Lipinski definition) is 4. The van der Waals surface area contributed by atoms with Crippen molar-refractivity contribution in [3.63, 3.8) is 0 Å². The topological polar surface area (TPSA) is 59.1 Å². The Kier molecular flexibility index (Phi) is 5.33. The monoisotopic (exact) mass is 381 g/mol. The Balaban J connectivity index is 1.67. The number of benzene rings is 2. The lowest BCUT2D eigenvalue weighted by molar-refractivity contribution is 0.348. The summed E-state index contributed by atoms with van der Waals surface area (Å²) in [6.45, 7) is 3.08. The molecule has 2 unspecified atom stereocenters. The Labute approximate surface area is 163 Å². The Morgan fingerprint density at radius 2 is 1.96 bits per heavy atom. The first-order valence-electron chi connectivity index (χ1n) is 9.64. The van der Waals surface area contributed by atoms with E-state index in [4.69, 9.17) is 10.7 Å². The van der Waals surface area contributed by atoms with Gasteiger partial charge in [-0.15, -0.1) is 9.24 Å². The third kappa shape index (κ3) is 4.26. The molecule has 5 nitrogen and oxygen atoms in total. The van der Waals surface area contributed by atoms with Crippen molar-refractivity contribution in [2.24, 2.45) is 0 Å². The highest BCUT2D eigenvalue weighted by Gasteiger charge is 2.18. The zero-order chi connectivity index (χ0) is 18.8. The number of anilines is 2. The van der Waals surface area contributed by atoms with E-state index in [1.807, 2.05) is 18.2 Å². The van der Waals surface area contributed by atoms with Gasteiger partial charge in [0.05, 0.1) is 17.6 Å². The summed E-state index contributed by atoms with van der Waals surface area (Å²) in [4.78, 5) is 7.30. The predicted molar refractivity (Wildman–Crippen MR) is 118 cm³/mol. The van der Waals surface area contributed by atoms with Gasteiger partial charge in [-0.25, -0.2) is 4.98 Å². The van der Waals surface area contributed by atoms with Crippen LogP contribution in [0.1, 0.15) is 24.8 Å². The number of likely N-dealkylation sites (tertiary alicyclic amines) is 1. The van der Waals surface area contributed by atoms with Gasteiger partial charge < -0.3 is 20.5 Å². The highest BCUT2D eigenvalue weighted by Crippen LogP contribution is 2.25. The fourth-order valence-electron chi connectivity index (χ4n) is 3.78. The number of hydrogen-bond donors (Lipinski definition) is 2. The molecule has 0 spiro atoms. The molecule has 3 aromatic rings. The zero-order valence-corrected chi connectivity index (χ0v) is 17.0.